The van der Waals surface area contributed by atoms with E-state index in [1.165, 1.54) is 11.1 Å². The van der Waals surface area contributed by atoms with Gasteiger partial charge in [0.2, 0.25) is 5.91 Å². The largest absolute Gasteiger partial charge is 0.450 e. The highest BCUT2D eigenvalue weighted by atomic mass is 16.6. The van der Waals surface area contributed by atoms with Gasteiger partial charge in [0.15, 0.2) is 0 Å². The summed E-state index contributed by atoms with van der Waals surface area (Å²) in [6, 6.07) is 7.30. The van der Waals surface area contributed by atoms with Gasteiger partial charge in [0, 0.05) is 43.7 Å². The minimum atomic E-state index is -0.173. The molecule has 0 atom stereocenters. The van der Waals surface area contributed by atoms with E-state index in [0.29, 0.717) is 12.6 Å². The number of hydrogen-bond acceptors (Lipinski definition) is 4. The highest BCUT2D eigenvalue weighted by Crippen LogP contribution is 2.48. The first-order chi connectivity index (χ1) is 15.0. The number of piperidine rings is 2. The molecule has 1 aromatic carbocycles. The second-order valence-corrected chi connectivity index (χ2v) is 9.44. The number of rotatable bonds is 4. The highest BCUT2D eigenvalue weighted by molar-refractivity contribution is 5.94. The summed E-state index contributed by atoms with van der Waals surface area (Å²) in [4.78, 5) is 30.8. The maximum atomic E-state index is 12.4. The molecule has 3 aliphatic heterocycles. The predicted octanol–water partition coefficient (Wildman–Crippen LogP) is 3.96. The Bertz CT molecular complexity index is 808. The quantitative estimate of drug-likeness (QED) is 0.730. The number of aryl methyl sites for hydroxylation is 1. The van der Waals surface area contributed by atoms with E-state index in [9.17, 15) is 9.59 Å². The zero-order valence-corrected chi connectivity index (χ0v) is 19.4. The fraction of sp³-hybridized carbons (Fsp3) is 0.680. The monoisotopic (exact) mass is 427 g/mol. The lowest BCUT2D eigenvalue weighted by atomic mass is 9.73. The first-order valence-electron chi connectivity index (χ1n) is 12.0. The van der Waals surface area contributed by atoms with Crippen molar-refractivity contribution in [2.45, 2.75) is 70.8 Å². The van der Waals surface area contributed by atoms with E-state index < -0.39 is 0 Å². The van der Waals surface area contributed by atoms with Gasteiger partial charge in [0.1, 0.15) is 0 Å². The number of carbonyl (C=O) groups excluding carboxylic acids is 2. The second kappa shape index (κ2) is 9.19. The molecule has 0 radical (unpaired) electrons. The van der Waals surface area contributed by atoms with E-state index in [1.807, 2.05) is 16.7 Å². The lowest BCUT2D eigenvalue weighted by Crippen LogP contribution is -2.52. The summed E-state index contributed by atoms with van der Waals surface area (Å²) < 4.78 is 5.16. The first kappa shape index (κ1) is 22.1. The van der Waals surface area contributed by atoms with Gasteiger partial charge in [-0.1, -0.05) is 25.5 Å². The average Bonchev–Trinajstić information content (AvgIpc) is 3.09. The number of fused-ring (bicyclic) bond motifs is 2. The van der Waals surface area contributed by atoms with Gasteiger partial charge in [-0.05, 0) is 69.3 Å². The molecule has 0 aromatic heterocycles. The number of carbonyl (C=O) groups is 2. The van der Waals surface area contributed by atoms with Crippen LogP contribution in [0.2, 0.25) is 0 Å². The van der Waals surface area contributed by atoms with E-state index >= 15 is 0 Å². The molecule has 0 saturated carbocycles. The predicted molar refractivity (Wildman–Crippen MR) is 123 cm³/mol. The number of likely N-dealkylation sites (tertiary alicyclic amines) is 2. The molecule has 1 aromatic rings. The van der Waals surface area contributed by atoms with Crippen LogP contribution in [0.15, 0.2) is 18.2 Å². The lowest BCUT2D eigenvalue weighted by Gasteiger charge is -2.45. The zero-order valence-electron chi connectivity index (χ0n) is 19.4. The lowest BCUT2D eigenvalue weighted by molar-refractivity contribution is -0.116. The molecule has 31 heavy (non-hydrogen) atoms. The van der Waals surface area contributed by atoms with Crippen molar-refractivity contribution in [2.24, 2.45) is 0 Å². The van der Waals surface area contributed by atoms with Crippen molar-refractivity contribution in [3.8, 4) is 0 Å². The molecule has 0 unspecified atom stereocenters. The van der Waals surface area contributed by atoms with Crippen LogP contribution in [0.25, 0.3) is 0 Å². The SMILES string of the molecule is CCCc1ccc2c(c1)C1(CCN(C3CCN(C(=O)OCC)CC3)CC1)CN2C(C)=O. The Labute approximate surface area is 186 Å². The molecule has 1 spiro atoms. The molecule has 170 valence electrons. The average molecular weight is 428 g/mol. The molecule has 3 heterocycles. The Kier molecular flexibility index (Phi) is 6.56. The fourth-order valence-corrected chi connectivity index (χ4v) is 5.81. The minimum Gasteiger partial charge on any atom is -0.450 e. The molecule has 2 fully saturated rings. The molecule has 0 N–H and O–H groups in total. The minimum absolute atomic E-state index is 0.0902. The normalized spacial score (nSPS) is 21.4. The molecule has 2 amide bonds. The molecule has 6 heteroatoms. The fourth-order valence-electron chi connectivity index (χ4n) is 5.81. The molecular weight excluding hydrogens is 390 g/mol. The molecule has 0 aliphatic carbocycles. The van der Waals surface area contributed by atoms with Gasteiger partial charge in [-0.3, -0.25) is 4.79 Å². The Morgan fingerprint density at radius 3 is 2.42 bits per heavy atom. The highest BCUT2D eigenvalue weighted by Gasteiger charge is 2.46. The van der Waals surface area contributed by atoms with Crippen LogP contribution in [0.5, 0.6) is 0 Å². The first-order valence-corrected chi connectivity index (χ1v) is 12.0. The third kappa shape index (κ3) is 4.32. The van der Waals surface area contributed by atoms with Crippen molar-refractivity contribution < 1.29 is 14.3 Å². The third-order valence-corrected chi connectivity index (χ3v) is 7.56. The van der Waals surface area contributed by atoms with Gasteiger partial charge in [0.25, 0.3) is 0 Å². The molecule has 4 rings (SSSR count). The van der Waals surface area contributed by atoms with Gasteiger partial charge in [0.05, 0.1) is 6.61 Å². The molecular formula is C25H37N3O3. The second-order valence-electron chi connectivity index (χ2n) is 9.44. The van der Waals surface area contributed by atoms with Crippen LogP contribution in [0.3, 0.4) is 0 Å². The number of nitrogens with zero attached hydrogens (tertiary/aromatic N) is 3. The number of hydrogen-bond donors (Lipinski definition) is 0. The van der Waals surface area contributed by atoms with E-state index in [0.717, 1.165) is 76.9 Å². The summed E-state index contributed by atoms with van der Waals surface area (Å²) in [5, 5.41) is 0. The number of ether oxygens (including phenoxy) is 1. The van der Waals surface area contributed by atoms with Crippen molar-refractivity contribution in [3.05, 3.63) is 29.3 Å². The van der Waals surface area contributed by atoms with Gasteiger partial charge < -0.3 is 19.4 Å². The summed E-state index contributed by atoms with van der Waals surface area (Å²) >= 11 is 0. The van der Waals surface area contributed by atoms with Gasteiger partial charge in [-0.2, -0.15) is 0 Å². The summed E-state index contributed by atoms with van der Waals surface area (Å²) in [5.74, 6) is 0.148. The Hall–Kier alpha value is -2.08. The van der Waals surface area contributed by atoms with Crippen LogP contribution >= 0.6 is 0 Å². The Balaban J connectivity index is 1.43. The summed E-state index contributed by atoms with van der Waals surface area (Å²) in [6.07, 6.45) is 6.28. The molecule has 6 nitrogen and oxygen atoms in total. The van der Waals surface area contributed by atoms with E-state index in [-0.39, 0.29) is 17.4 Å². The Morgan fingerprint density at radius 2 is 1.81 bits per heavy atom. The van der Waals surface area contributed by atoms with Crippen LogP contribution in [0.1, 0.15) is 64.0 Å². The maximum Gasteiger partial charge on any atom is 0.409 e. The van der Waals surface area contributed by atoms with Crippen LogP contribution in [0.4, 0.5) is 10.5 Å². The van der Waals surface area contributed by atoms with Crippen molar-refractivity contribution in [1.29, 1.82) is 0 Å². The standard InChI is InChI=1S/C25H37N3O3/c1-4-6-20-7-8-23-22(17-20)25(18-28(23)19(3)29)11-15-26(16-12-25)21-9-13-27(14-10-21)24(30)31-5-2/h7-8,17,21H,4-6,9-16,18H2,1-3H3. The van der Waals surface area contributed by atoms with Crippen LogP contribution in [-0.2, 0) is 21.4 Å². The maximum absolute atomic E-state index is 12.4. The van der Waals surface area contributed by atoms with Gasteiger partial charge >= 0.3 is 6.09 Å². The van der Waals surface area contributed by atoms with E-state index in [1.54, 1.807) is 6.92 Å². The van der Waals surface area contributed by atoms with Crippen molar-refractivity contribution in [1.82, 2.24) is 9.80 Å². The number of amides is 2. The van der Waals surface area contributed by atoms with Crippen LogP contribution in [-0.4, -0.2) is 67.2 Å². The van der Waals surface area contributed by atoms with E-state index in [2.05, 4.69) is 30.0 Å². The van der Waals surface area contributed by atoms with Gasteiger partial charge in [-0.15, -0.1) is 0 Å². The number of anilines is 1. The summed E-state index contributed by atoms with van der Waals surface area (Å²) in [6.45, 7) is 10.7. The van der Waals surface area contributed by atoms with Crippen molar-refractivity contribution in [3.63, 3.8) is 0 Å². The topological polar surface area (TPSA) is 53.1 Å². The van der Waals surface area contributed by atoms with Gasteiger partial charge in [-0.25, -0.2) is 4.79 Å². The molecule has 2 saturated heterocycles. The Morgan fingerprint density at radius 1 is 1.10 bits per heavy atom. The van der Waals surface area contributed by atoms with Crippen LogP contribution in [0, 0.1) is 0 Å². The van der Waals surface area contributed by atoms with Crippen LogP contribution < -0.4 is 4.90 Å². The summed E-state index contributed by atoms with van der Waals surface area (Å²) in [5.41, 5.74) is 4.00. The smallest absolute Gasteiger partial charge is 0.409 e. The van der Waals surface area contributed by atoms with Crippen molar-refractivity contribution in [2.75, 3.05) is 44.2 Å². The summed E-state index contributed by atoms with van der Waals surface area (Å²) in [7, 11) is 0. The zero-order chi connectivity index (χ0) is 22.0. The molecule has 3 aliphatic rings. The van der Waals surface area contributed by atoms with Crippen molar-refractivity contribution >= 4 is 17.7 Å². The number of benzene rings is 1. The van der Waals surface area contributed by atoms with E-state index in [4.69, 9.17) is 4.74 Å². The molecule has 0 bridgehead atoms. The third-order valence-electron chi connectivity index (χ3n) is 7.56.